The van der Waals surface area contributed by atoms with E-state index in [1.54, 1.807) is 0 Å². The van der Waals surface area contributed by atoms with Crippen LogP contribution >= 0.6 is 0 Å². The van der Waals surface area contributed by atoms with E-state index in [1.165, 1.54) is 0 Å². The lowest BCUT2D eigenvalue weighted by molar-refractivity contribution is -0.545. The maximum absolute atomic E-state index is 2.33. The highest BCUT2D eigenvalue weighted by Crippen LogP contribution is 1.93. The van der Waals surface area contributed by atoms with E-state index < -0.39 is 8.24 Å². The van der Waals surface area contributed by atoms with Gasteiger partial charge < -0.3 is 0 Å². The third kappa shape index (κ3) is 1.67. The molecule has 2 heteroatoms. The molecule has 0 N–H and O–H groups in total. The lowest BCUT2D eigenvalue weighted by Gasteiger charge is -2.07. The predicted octanol–water partition coefficient (Wildman–Crippen LogP) is 1.66. The second-order valence-corrected chi connectivity index (χ2v) is 8.31. The number of rotatable bonds is 1. The van der Waals surface area contributed by atoms with Crippen molar-refractivity contribution in [2.45, 2.75) is 19.6 Å². The molecule has 0 atom stereocenters. The lowest BCUT2D eigenvalue weighted by atomic mass is 10.5. The largest absolute Gasteiger partial charge is 0.354 e. The summed E-state index contributed by atoms with van der Waals surface area (Å²) in [6.07, 6.45) is 4.29. The number of nitrogens with zero attached hydrogens (tertiary/aromatic N) is 1. The van der Waals surface area contributed by atoms with E-state index in [2.05, 4.69) is 54.5 Å². The first kappa shape index (κ1) is 7.47. The molecular formula is C8H14NSi+. The zero-order chi connectivity index (χ0) is 7.61. The van der Waals surface area contributed by atoms with Crippen molar-refractivity contribution in [1.82, 2.24) is 0 Å². The van der Waals surface area contributed by atoms with Crippen molar-refractivity contribution < 1.29 is 4.23 Å². The molecule has 0 fully saturated rings. The molecule has 0 aliphatic heterocycles. The molecule has 0 spiro atoms. The Hall–Kier alpha value is -0.633. The second kappa shape index (κ2) is 2.54. The molecule has 1 heterocycles. The van der Waals surface area contributed by atoms with Crippen LogP contribution in [0.25, 0.3) is 0 Å². The Balaban J connectivity index is 2.97. The Morgan fingerprint density at radius 2 is 1.40 bits per heavy atom. The van der Waals surface area contributed by atoms with E-state index in [4.69, 9.17) is 0 Å². The van der Waals surface area contributed by atoms with Crippen LogP contribution in [0.5, 0.6) is 0 Å². The predicted molar refractivity (Wildman–Crippen MR) is 45.4 cm³/mol. The SMILES string of the molecule is C[Si](C)(C)[n+]1ccccc1. The van der Waals surface area contributed by atoms with Gasteiger partial charge in [0.1, 0.15) is 12.4 Å². The van der Waals surface area contributed by atoms with Crippen LogP contribution in [-0.2, 0) is 0 Å². The summed E-state index contributed by atoms with van der Waals surface area (Å²) in [6, 6.07) is 6.22. The summed E-state index contributed by atoms with van der Waals surface area (Å²) >= 11 is 0. The van der Waals surface area contributed by atoms with Gasteiger partial charge in [-0.2, -0.15) is 0 Å². The van der Waals surface area contributed by atoms with Gasteiger partial charge in [-0.25, -0.2) is 0 Å². The molecule has 0 saturated carbocycles. The Labute approximate surface area is 63.4 Å². The maximum Gasteiger partial charge on any atom is 0.354 e. The minimum Gasteiger partial charge on any atom is -0.280 e. The van der Waals surface area contributed by atoms with Gasteiger partial charge in [0.15, 0.2) is 0 Å². The van der Waals surface area contributed by atoms with Crippen molar-refractivity contribution in [2.75, 3.05) is 0 Å². The van der Waals surface area contributed by atoms with Gasteiger partial charge in [0.2, 0.25) is 0 Å². The van der Waals surface area contributed by atoms with Gasteiger partial charge in [0.05, 0.1) is 0 Å². The minimum absolute atomic E-state index is 1.12. The van der Waals surface area contributed by atoms with Gasteiger partial charge in [0, 0.05) is 0 Å². The van der Waals surface area contributed by atoms with E-state index in [1.807, 2.05) is 0 Å². The summed E-state index contributed by atoms with van der Waals surface area (Å²) < 4.78 is 2.33. The molecule has 1 rings (SSSR count). The van der Waals surface area contributed by atoms with Crippen LogP contribution in [0, 0.1) is 0 Å². The molecule has 54 valence electrons. The third-order valence-corrected chi connectivity index (χ3v) is 3.34. The highest BCUT2D eigenvalue weighted by molar-refractivity contribution is 6.67. The summed E-state index contributed by atoms with van der Waals surface area (Å²) in [7, 11) is -1.12. The maximum atomic E-state index is 2.33. The van der Waals surface area contributed by atoms with Crippen LogP contribution in [0.3, 0.4) is 0 Å². The van der Waals surface area contributed by atoms with Crippen LogP contribution in [0.1, 0.15) is 0 Å². The Morgan fingerprint density at radius 3 is 1.70 bits per heavy atom. The minimum atomic E-state index is -1.12. The quantitative estimate of drug-likeness (QED) is 0.539. The number of hydrogen-bond donors (Lipinski definition) is 0. The van der Waals surface area contributed by atoms with E-state index in [-0.39, 0.29) is 0 Å². The fourth-order valence-corrected chi connectivity index (χ4v) is 1.91. The zero-order valence-corrected chi connectivity index (χ0v) is 7.83. The molecular weight excluding hydrogens is 138 g/mol. The molecule has 0 amide bonds. The van der Waals surface area contributed by atoms with E-state index in [9.17, 15) is 0 Å². The highest BCUT2D eigenvalue weighted by atomic mass is 28.3. The van der Waals surface area contributed by atoms with Crippen molar-refractivity contribution in [3.05, 3.63) is 30.6 Å². The number of aromatic nitrogens is 1. The molecule has 0 aliphatic rings. The van der Waals surface area contributed by atoms with E-state index >= 15 is 0 Å². The first-order valence-electron chi connectivity index (χ1n) is 3.57. The molecule has 1 nitrogen and oxygen atoms in total. The second-order valence-electron chi connectivity index (χ2n) is 3.45. The molecule has 0 saturated heterocycles. The zero-order valence-electron chi connectivity index (χ0n) is 6.83. The van der Waals surface area contributed by atoms with Crippen LogP contribution in [-0.4, -0.2) is 8.24 Å². The van der Waals surface area contributed by atoms with E-state index in [0.717, 1.165) is 0 Å². The van der Waals surface area contributed by atoms with Crippen LogP contribution in [0.2, 0.25) is 19.6 Å². The Bertz CT molecular complexity index is 200. The average molecular weight is 152 g/mol. The highest BCUT2D eigenvalue weighted by Gasteiger charge is 2.26. The van der Waals surface area contributed by atoms with Crippen molar-refractivity contribution in [3.8, 4) is 0 Å². The first-order chi connectivity index (χ1) is 4.61. The molecule has 0 aromatic carbocycles. The topological polar surface area (TPSA) is 3.88 Å². The first-order valence-corrected chi connectivity index (χ1v) is 7.02. The summed E-state index contributed by atoms with van der Waals surface area (Å²) in [5, 5.41) is 0. The van der Waals surface area contributed by atoms with Crippen LogP contribution < -0.4 is 4.23 Å². The van der Waals surface area contributed by atoms with Gasteiger partial charge in [0.25, 0.3) is 0 Å². The fourth-order valence-electron chi connectivity index (χ4n) is 0.846. The molecule has 0 aliphatic carbocycles. The van der Waals surface area contributed by atoms with Gasteiger partial charge in [-0.05, 0) is 31.8 Å². The lowest BCUT2D eigenvalue weighted by Crippen LogP contribution is -2.57. The fraction of sp³-hybridized carbons (Fsp3) is 0.375. The Kier molecular flexibility index (Phi) is 1.90. The summed E-state index contributed by atoms with van der Waals surface area (Å²) in [6.45, 7) is 6.98. The van der Waals surface area contributed by atoms with Crippen molar-refractivity contribution in [1.29, 1.82) is 0 Å². The summed E-state index contributed by atoms with van der Waals surface area (Å²) in [5.41, 5.74) is 0. The molecule has 1 aromatic rings. The third-order valence-electron chi connectivity index (χ3n) is 1.49. The number of hydrogen-bond acceptors (Lipinski definition) is 0. The van der Waals surface area contributed by atoms with Gasteiger partial charge in [-0.15, -0.1) is 0 Å². The van der Waals surface area contributed by atoms with Crippen molar-refractivity contribution >= 4 is 8.24 Å². The van der Waals surface area contributed by atoms with Crippen LogP contribution in [0.4, 0.5) is 0 Å². The van der Waals surface area contributed by atoms with Crippen molar-refractivity contribution in [2.24, 2.45) is 0 Å². The monoisotopic (exact) mass is 152 g/mol. The molecule has 1 aromatic heterocycles. The molecule has 0 radical (unpaired) electrons. The van der Waals surface area contributed by atoms with Gasteiger partial charge in [-0.1, -0.05) is 6.07 Å². The summed E-state index contributed by atoms with van der Waals surface area (Å²) in [4.78, 5) is 0. The Morgan fingerprint density at radius 1 is 0.900 bits per heavy atom. The normalized spacial score (nSPS) is 11.5. The average Bonchev–Trinajstić information content (AvgIpc) is 1.88. The van der Waals surface area contributed by atoms with E-state index in [0.29, 0.717) is 0 Å². The molecule has 0 unspecified atom stereocenters. The van der Waals surface area contributed by atoms with Gasteiger partial charge in [-0.3, -0.25) is 4.23 Å². The van der Waals surface area contributed by atoms with Gasteiger partial charge >= 0.3 is 8.24 Å². The van der Waals surface area contributed by atoms with Crippen molar-refractivity contribution in [3.63, 3.8) is 0 Å². The standard InChI is InChI=1S/C8H14NSi/c1-10(2,3)9-7-5-4-6-8-9/h4-8H,1-3H3/q+1. The molecule has 0 bridgehead atoms. The smallest absolute Gasteiger partial charge is 0.280 e. The number of pyridine rings is 1. The van der Waals surface area contributed by atoms with Crippen LogP contribution in [0.15, 0.2) is 30.6 Å². The summed E-state index contributed by atoms with van der Waals surface area (Å²) in [5.74, 6) is 0. The molecule has 10 heavy (non-hydrogen) atoms.